The first-order valence-corrected chi connectivity index (χ1v) is 11.4. The molecule has 0 fully saturated rings. The summed E-state index contributed by atoms with van der Waals surface area (Å²) in [6.45, 7) is 6.08. The van der Waals surface area contributed by atoms with Gasteiger partial charge >= 0.3 is 0 Å². The van der Waals surface area contributed by atoms with Gasteiger partial charge in [-0.2, -0.15) is 0 Å². The fourth-order valence-electron chi connectivity index (χ4n) is 4.31. The Morgan fingerprint density at radius 1 is 0.655 bits per heavy atom. The van der Waals surface area contributed by atoms with Crippen molar-refractivity contribution in [2.75, 3.05) is 0 Å². The summed E-state index contributed by atoms with van der Waals surface area (Å²) in [5.74, 6) is 0. The highest BCUT2D eigenvalue weighted by atomic mass is 32.1. The number of fused-ring (bicyclic) bond motifs is 7. The fourth-order valence-corrected chi connectivity index (χ4v) is 6.62. The molecule has 0 nitrogen and oxygen atoms in total. The summed E-state index contributed by atoms with van der Waals surface area (Å²) in [5, 5.41) is 8.03. The average Bonchev–Trinajstić information content (AvgIpc) is 3.26. The van der Waals surface area contributed by atoms with Crippen LogP contribution >= 0.6 is 22.7 Å². The van der Waals surface area contributed by atoms with Crippen LogP contribution < -0.4 is 0 Å². The van der Waals surface area contributed by atoms with E-state index in [4.69, 9.17) is 0 Å². The van der Waals surface area contributed by atoms with E-state index in [1.165, 1.54) is 62.2 Å². The van der Waals surface area contributed by atoms with Crippen LogP contribution in [0.4, 0.5) is 0 Å². The summed E-state index contributed by atoms with van der Waals surface area (Å²) in [6.07, 6.45) is 6.22. The van der Waals surface area contributed by atoms with Gasteiger partial charge in [0.15, 0.2) is 0 Å². The van der Waals surface area contributed by atoms with Gasteiger partial charge in [-0.1, -0.05) is 49.1 Å². The Morgan fingerprint density at radius 2 is 1.21 bits per heavy atom. The molecule has 138 valence electrons. The van der Waals surface area contributed by atoms with Gasteiger partial charge in [0.05, 0.1) is 0 Å². The number of hydrogen-bond acceptors (Lipinski definition) is 2. The first kappa shape index (κ1) is 17.0. The lowest BCUT2D eigenvalue weighted by atomic mass is 10.0. The molecule has 29 heavy (non-hydrogen) atoms. The molecule has 0 radical (unpaired) electrons. The van der Waals surface area contributed by atoms with Crippen LogP contribution in [-0.4, -0.2) is 0 Å². The number of rotatable bonds is 2. The van der Waals surface area contributed by atoms with Gasteiger partial charge in [0.1, 0.15) is 0 Å². The lowest BCUT2D eigenvalue weighted by Crippen LogP contribution is -1.80. The van der Waals surface area contributed by atoms with Gasteiger partial charge in [-0.3, -0.25) is 0 Å². The third kappa shape index (κ3) is 2.50. The Bertz CT molecular complexity index is 1620. The van der Waals surface area contributed by atoms with Gasteiger partial charge < -0.3 is 0 Å². The summed E-state index contributed by atoms with van der Waals surface area (Å²) in [5.41, 5.74) is 2.43. The predicted octanol–water partition coefficient (Wildman–Crippen LogP) is 9.25. The van der Waals surface area contributed by atoms with Crippen LogP contribution in [0.2, 0.25) is 0 Å². The zero-order valence-corrected chi connectivity index (χ0v) is 17.7. The SMILES string of the molecule is C=Cc1cc2c(cc1/C=C\C)sc1cc3c(cc12)sc1cc2ccccc2cc13. The van der Waals surface area contributed by atoms with E-state index >= 15 is 0 Å². The highest BCUT2D eigenvalue weighted by Crippen LogP contribution is 2.43. The van der Waals surface area contributed by atoms with Crippen molar-refractivity contribution in [3.8, 4) is 0 Å². The maximum atomic E-state index is 4.02. The van der Waals surface area contributed by atoms with E-state index < -0.39 is 0 Å². The van der Waals surface area contributed by atoms with Crippen LogP contribution in [0.25, 0.3) is 63.3 Å². The molecular weight excluding hydrogens is 388 g/mol. The Morgan fingerprint density at radius 3 is 1.86 bits per heavy atom. The van der Waals surface area contributed by atoms with Crippen LogP contribution in [-0.2, 0) is 0 Å². The number of allylic oxidation sites excluding steroid dienone is 1. The van der Waals surface area contributed by atoms with Crippen LogP contribution in [0.1, 0.15) is 18.1 Å². The van der Waals surface area contributed by atoms with Crippen molar-refractivity contribution < 1.29 is 0 Å². The molecule has 4 aromatic carbocycles. The molecule has 0 N–H and O–H groups in total. The Hall–Kier alpha value is -2.94. The molecule has 0 unspecified atom stereocenters. The first-order valence-electron chi connectivity index (χ1n) is 9.75. The van der Waals surface area contributed by atoms with Gasteiger partial charge in [0, 0.05) is 40.3 Å². The minimum atomic E-state index is 1.19. The third-order valence-electron chi connectivity index (χ3n) is 5.70. The third-order valence-corrected chi connectivity index (χ3v) is 7.93. The minimum absolute atomic E-state index is 1.19. The zero-order chi connectivity index (χ0) is 19.5. The van der Waals surface area contributed by atoms with Crippen LogP contribution in [0.3, 0.4) is 0 Å². The van der Waals surface area contributed by atoms with Gasteiger partial charge in [0.25, 0.3) is 0 Å². The van der Waals surface area contributed by atoms with E-state index in [-0.39, 0.29) is 0 Å². The molecule has 0 bridgehead atoms. The fraction of sp³-hybridized carbons (Fsp3) is 0.0370. The second-order valence-electron chi connectivity index (χ2n) is 7.43. The Kier molecular flexibility index (Phi) is 3.67. The largest absolute Gasteiger partial charge is 0.135 e. The zero-order valence-electron chi connectivity index (χ0n) is 16.0. The van der Waals surface area contributed by atoms with Gasteiger partial charge in [-0.25, -0.2) is 0 Å². The average molecular weight is 407 g/mol. The van der Waals surface area contributed by atoms with Gasteiger partial charge in [-0.05, 0) is 65.2 Å². The lowest BCUT2D eigenvalue weighted by Gasteiger charge is -2.02. The number of hydrogen-bond donors (Lipinski definition) is 0. The highest BCUT2D eigenvalue weighted by Gasteiger charge is 2.13. The number of thiophene rings is 2. The van der Waals surface area contributed by atoms with Crippen molar-refractivity contribution in [3.63, 3.8) is 0 Å². The van der Waals surface area contributed by atoms with E-state index in [9.17, 15) is 0 Å². The Labute approximate surface area is 177 Å². The molecule has 0 aliphatic rings. The van der Waals surface area contributed by atoms with Crippen molar-refractivity contribution in [1.82, 2.24) is 0 Å². The molecule has 0 aliphatic carbocycles. The molecule has 0 saturated carbocycles. The normalized spacial score (nSPS) is 12.3. The maximum absolute atomic E-state index is 4.02. The van der Waals surface area contributed by atoms with Gasteiger partial charge in [-0.15, -0.1) is 22.7 Å². The monoisotopic (exact) mass is 406 g/mol. The van der Waals surface area contributed by atoms with Crippen LogP contribution in [0, 0.1) is 0 Å². The second-order valence-corrected chi connectivity index (χ2v) is 9.59. The van der Waals surface area contributed by atoms with Crippen molar-refractivity contribution >= 4 is 85.9 Å². The van der Waals surface area contributed by atoms with Crippen LogP contribution in [0.15, 0.2) is 73.3 Å². The molecule has 0 saturated heterocycles. The molecule has 2 aromatic heterocycles. The summed E-state index contributed by atoms with van der Waals surface area (Å²) in [4.78, 5) is 0. The molecule has 2 heteroatoms. The molecule has 0 amide bonds. The molecular formula is C27H18S2. The highest BCUT2D eigenvalue weighted by molar-refractivity contribution is 7.27. The van der Waals surface area contributed by atoms with Gasteiger partial charge in [0.2, 0.25) is 0 Å². The van der Waals surface area contributed by atoms with E-state index in [1.807, 2.05) is 28.7 Å². The molecule has 0 atom stereocenters. The molecule has 2 heterocycles. The molecule has 6 rings (SSSR count). The second kappa shape index (κ2) is 6.28. The summed E-state index contributed by atoms with van der Waals surface area (Å²) >= 11 is 3.79. The van der Waals surface area contributed by atoms with E-state index in [0.717, 1.165) is 0 Å². The van der Waals surface area contributed by atoms with E-state index in [1.54, 1.807) is 0 Å². The molecule has 0 aliphatic heterocycles. The molecule has 0 spiro atoms. The smallest absolute Gasteiger partial charge is 0.0362 e. The predicted molar refractivity (Wildman–Crippen MR) is 135 cm³/mol. The van der Waals surface area contributed by atoms with Crippen molar-refractivity contribution in [2.24, 2.45) is 0 Å². The minimum Gasteiger partial charge on any atom is -0.135 e. The topological polar surface area (TPSA) is 0 Å². The quantitative estimate of drug-likeness (QED) is 0.269. The Balaban J connectivity index is 1.71. The lowest BCUT2D eigenvalue weighted by molar-refractivity contribution is 1.68. The van der Waals surface area contributed by atoms with E-state index in [2.05, 4.69) is 86.3 Å². The summed E-state index contributed by atoms with van der Waals surface area (Å²) in [6, 6.07) is 22.7. The van der Waals surface area contributed by atoms with Crippen molar-refractivity contribution in [3.05, 3.63) is 84.4 Å². The standard InChI is InChI=1S/C27H18S2/c1-3-7-17-12-24-20(10-16(17)4-2)22-14-27-23(15-26(22)28-24)21-11-18-8-5-6-9-19(18)13-25(21)29-27/h3-15H,2H2,1H3/b7-3-. The maximum Gasteiger partial charge on any atom is 0.0362 e. The number of benzene rings is 4. The first-order chi connectivity index (χ1) is 14.2. The van der Waals surface area contributed by atoms with Crippen LogP contribution in [0.5, 0.6) is 0 Å². The van der Waals surface area contributed by atoms with Crippen molar-refractivity contribution in [1.29, 1.82) is 0 Å². The summed E-state index contributed by atoms with van der Waals surface area (Å²) < 4.78 is 5.42. The molecule has 6 aromatic rings. The van der Waals surface area contributed by atoms with E-state index in [0.29, 0.717) is 0 Å². The van der Waals surface area contributed by atoms with Crippen molar-refractivity contribution in [2.45, 2.75) is 6.92 Å². The summed E-state index contributed by atoms with van der Waals surface area (Å²) in [7, 11) is 0.